The summed E-state index contributed by atoms with van der Waals surface area (Å²) in [5, 5.41) is 8.27. The summed E-state index contributed by atoms with van der Waals surface area (Å²) in [6.45, 7) is 0. The van der Waals surface area contributed by atoms with Crippen LogP contribution in [0.15, 0.2) is 22.8 Å². The fourth-order valence-corrected chi connectivity index (χ4v) is 0.985. The second kappa shape index (κ2) is 4.45. The molecule has 0 amide bonds. The van der Waals surface area contributed by atoms with Crippen molar-refractivity contribution < 1.29 is 19.1 Å². The number of hydrogen-bond donors (Lipinski definition) is 1. The van der Waals surface area contributed by atoms with Crippen molar-refractivity contribution in [2.24, 2.45) is 0 Å². The van der Waals surface area contributed by atoms with Crippen LogP contribution in [-0.2, 0) is 16.0 Å². The number of aryl methyl sites for hydroxylation is 1. The van der Waals surface area contributed by atoms with Gasteiger partial charge in [0.05, 0.1) is 6.26 Å². The summed E-state index contributed by atoms with van der Waals surface area (Å²) in [6.07, 6.45) is 2.73. The van der Waals surface area contributed by atoms with Gasteiger partial charge in [0.25, 0.3) is 0 Å². The van der Waals surface area contributed by atoms with Crippen LogP contribution in [0.1, 0.15) is 18.6 Å². The minimum atomic E-state index is -1.36. The zero-order chi connectivity index (χ0) is 9.68. The molecule has 0 aromatic carbocycles. The summed E-state index contributed by atoms with van der Waals surface area (Å²) >= 11 is 0. The van der Waals surface area contributed by atoms with E-state index in [2.05, 4.69) is 0 Å². The van der Waals surface area contributed by atoms with E-state index >= 15 is 0 Å². The average molecular weight is 182 g/mol. The van der Waals surface area contributed by atoms with Gasteiger partial charge in [-0.05, 0) is 18.6 Å². The standard InChI is InChI=1S/C9H10O4/c10-8(9(11)12)5-1-3-7-4-2-6-13-7/h2,4,6H,1,3,5H2,(H,11,12). The monoisotopic (exact) mass is 182 g/mol. The number of ketones is 1. The number of hydrogen-bond acceptors (Lipinski definition) is 3. The summed E-state index contributed by atoms with van der Waals surface area (Å²) in [6, 6.07) is 3.56. The number of aliphatic carboxylic acids is 1. The van der Waals surface area contributed by atoms with Crippen molar-refractivity contribution in [3.8, 4) is 0 Å². The zero-order valence-electron chi connectivity index (χ0n) is 7.03. The highest BCUT2D eigenvalue weighted by Gasteiger charge is 2.10. The number of rotatable bonds is 5. The molecular formula is C9H10O4. The van der Waals surface area contributed by atoms with Crippen molar-refractivity contribution in [1.29, 1.82) is 0 Å². The van der Waals surface area contributed by atoms with Gasteiger partial charge in [0.15, 0.2) is 0 Å². The molecule has 13 heavy (non-hydrogen) atoms. The van der Waals surface area contributed by atoms with E-state index in [0.29, 0.717) is 12.8 Å². The highest BCUT2D eigenvalue weighted by molar-refractivity contribution is 6.32. The van der Waals surface area contributed by atoms with Gasteiger partial charge in [-0.15, -0.1) is 0 Å². The molecule has 0 fully saturated rings. The second-order valence-corrected chi connectivity index (χ2v) is 2.66. The molecular weight excluding hydrogens is 172 g/mol. The highest BCUT2D eigenvalue weighted by Crippen LogP contribution is 2.05. The fourth-order valence-electron chi connectivity index (χ4n) is 0.985. The zero-order valence-corrected chi connectivity index (χ0v) is 7.03. The molecule has 0 radical (unpaired) electrons. The van der Waals surface area contributed by atoms with Crippen molar-refractivity contribution in [3.63, 3.8) is 0 Å². The van der Waals surface area contributed by atoms with Gasteiger partial charge in [0, 0.05) is 12.8 Å². The van der Waals surface area contributed by atoms with Crippen molar-refractivity contribution in [2.45, 2.75) is 19.3 Å². The number of carboxylic acid groups (broad SMARTS) is 1. The van der Waals surface area contributed by atoms with Gasteiger partial charge in [-0.25, -0.2) is 4.79 Å². The quantitative estimate of drug-likeness (QED) is 0.696. The van der Waals surface area contributed by atoms with Crippen LogP contribution in [0, 0.1) is 0 Å². The Bertz CT molecular complexity index is 287. The van der Waals surface area contributed by atoms with E-state index in [9.17, 15) is 9.59 Å². The lowest BCUT2D eigenvalue weighted by Gasteiger charge is -1.94. The van der Waals surface area contributed by atoms with E-state index in [-0.39, 0.29) is 6.42 Å². The van der Waals surface area contributed by atoms with E-state index in [1.165, 1.54) is 0 Å². The molecule has 1 N–H and O–H groups in total. The average Bonchev–Trinajstić information content (AvgIpc) is 2.56. The molecule has 1 heterocycles. The van der Waals surface area contributed by atoms with Gasteiger partial charge in [-0.3, -0.25) is 4.79 Å². The summed E-state index contributed by atoms with van der Waals surface area (Å²) in [5.74, 6) is -1.33. The Morgan fingerprint density at radius 2 is 2.23 bits per heavy atom. The predicted octanol–water partition coefficient (Wildman–Crippen LogP) is 1.26. The SMILES string of the molecule is O=C(O)C(=O)CCCc1ccco1. The van der Waals surface area contributed by atoms with Crippen molar-refractivity contribution in [3.05, 3.63) is 24.2 Å². The maximum Gasteiger partial charge on any atom is 0.372 e. The summed E-state index contributed by atoms with van der Waals surface area (Å²) in [4.78, 5) is 20.8. The van der Waals surface area contributed by atoms with E-state index in [0.717, 1.165) is 5.76 Å². The molecule has 1 rings (SSSR count). The number of Topliss-reactive ketones (excluding diaryl/α,β-unsaturated/α-hetero) is 1. The third kappa shape index (κ3) is 3.11. The molecule has 0 atom stereocenters. The van der Waals surface area contributed by atoms with E-state index < -0.39 is 11.8 Å². The fraction of sp³-hybridized carbons (Fsp3) is 0.333. The van der Waals surface area contributed by atoms with Crippen LogP contribution in [-0.4, -0.2) is 16.9 Å². The molecule has 0 aliphatic carbocycles. The number of carboxylic acids is 1. The van der Waals surface area contributed by atoms with Crippen LogP contribution in [0.3, 0.4) is 0 Å². The Morgan fingerprint density at radius 1 is 1.46 bits per heavy atom. The lowest BCUT2D eigenvalue weighted by molar-refractivity contribution is -0.149. The van der Waals surface area contributed by atoms with Gasteiger partial charge in [0.1, 0.15) is 5.76 Å². The lowest BCUT2D eigenvalue weighted by atomic mass is 10.1. The second-order valence-electron chi connectivity index (χ2n) is 2.66. The predicted molar refractivity (Wildman–Crippen MR) is 44.3 cm³/mol. The smallest absolute Gasteiger partial charge is 0.372 e. The third-order valence-electron chi connectivity index (χ3n) is 1.65. The van der Waals surface area contributed by atoms with Crippen molar-refractivity contribution >= 4 is 11.8 Å². The Balaban J connectivity index is 2.22. The molecule has 0 aliphatic rings. The minimum absolute atomic E-state index is 0.0655. The molecule has 4 heteroatoms. The van der Waals surface area contributed by atoms with E-state index in [1.807, 2.05) is 0 Å². The maximum atomic E-state index is 10.6. The first-order valence-corrected chi connectivity index (χ1v) is 3.98. The summed E-state index contributed by atoms with van der Waals surface area (Å²) in [7, 11) is 0. The van der Waals surface area contributed by atoms with Crippen LogP contribution in [0.5, 0.6) is 0 Å². The molecule has 0 unspecified atom stereocenters. The first-order chi connectivity index (χ1) is 6.20. The minimum Gasteiger partial charge on any atom is -0.476 e. The van der Waals surface area contributed by atoms with Gasteiger partial charge >= 0.3 is 5.97 Å². The van der Waals surface area contributed by atoms with Crippen molar-refractivity contribution in [1.82, 2.24) is 0 Å². The van der Waals surface area contributed by atoms with Crippen LogP contribution in [0.25, 0.3) is 0 Å². The normalized spacial score (nSPS) is 9.85. The number of furan rings is 1. The van der Waals surface area contributed by atoms with E-state index in [1.54, 1.807) is 18.4 Å². The maximum absolute atomic E-state index is 10.6. The van der Waals surface area contributed by atoms with E-state index in [4.69, 9.17) is 9.52 Å². The Kier molecular flexibility index (Phi) is 3.25. The molecule has 4 nitrogen and oxygen atoms in total. The van der Waals surface area contributed by atoms with Crippen molar-refractivity contribution in [2.75, 3.05) is 0 Å². The van der Waals surface area contributed by atoms with Crippen LogP contribution in [0.4, 0.5) is 0 Å². The van der Waals surface area contributed by atoms with Gasteiger partial charge in [0.2, 0.25) is 5.78 Å². The Morgan fingerprint density at radius 3 is 2.77 bits per heavy atom. The molecule has 1 aromatic heterocycles. The van der Waals surface area contributed by atoms with Gasteiger partial charge < -0.3 is 9.52 Å². The highest BCUT2D eigenvalue weighted by atomic mass is 16.4. The Hall–Kier alpha value is -1.58. The molecule has 0 saturated carbocycles. The molecule has 1 aromatic rings. The Labute approximate surface area is 75.2 Å². The first kappa shape index (κ1) is 9.51. The van der Waals surface area contributed by atoms with Crippen LogP contribution in [0.2, 0.25) is 0 Å². The first-order valence-electron chi connectivity index (χ1n) is 3.98. The summed E-state index contributed by atoms with van der Waals surface area (Å²) in [5.41, 5.74) is 0. The van der Waals surface area contributed by atoms with Gasteiger partial charge in [-0.2, -0.15) is 0 Å². The van der Waals surface area contributed by atoms with Crippen LogP contribution < -0.4 is 0 Å². The van der Waals surface area contributed by atoms with Gasteiger partial charge in [-0.1, -0.05) is 0 Å². The lowest BCUT2D eigenvalue weighted by Crippen LogP contribution is -2.11. The third-order valence-corrected chi connectivity index (χ3v) is 1.65. The molecule has 0 bridgehead atoms. The molecule has 0 saturated heterocycles. The number of carbonyl (C=O) groups is 2. The molecule has 70 valence electrons. The molecule has 0 aliphatic heterocycles. The van der Waals surface area contributed by atoms with Crippen LogP contribution >= 0.6 is 0 Å². The summed E-state index contributed by atoms with van der Waals surface area (Å²) < 4.78 is 5.02. The largest absolute Gasteiger partial charge is 0.476 e. The number of carbonyl (C=O) groups excluding carboxylic acids is 1. The topological polar surface area (TPSA) is 67.5 Å². The molecule has 0 spiro atoms.